The molecule has 164 valence electrons. The van der Waals surface area contributed by atoms with Crippen LogP contribution in [0.5, 0.6) is 0 Å². The maximum Gasteiger partial charge on any atom is 0.257 e. The predicted molar refractivity (Wildman–Crippen MR) is 115 cm³/mol. The van der Waals surface area contributed by atoms with E-state index in [1.54, 1.807) is 18.2 Å². The van der Waals surface area contributed by atoms with Gasteiger partial charge < -0.3 is 16.0 Å². The van der Waals surface area contributed by atoms with Crippen LogP contribution in [0, 0.1) is 5.41 Å². The molecule has 1 aromatic rings. The topological polar surface area (TPSA) is 122 Å². The van der Waals surface area contributed by atoms with Gasteiger partial charge in [-0.25, -0.2) is 0 Å². The SMILES string of the molecule is CN(C(=O)c1c(C=O)cccc1NCC(C)(C)CC(C)(C)N)C1CCC(=O)NC1=O. The van der Waals surface area contributed by atoms with E-state index in [1.165, 1.54) is 11.9 Å². The molecule has 1 atom stereocenters. The number of nitrogens with zero attached hydrogens (tertiary/aromatic N) is 1. The van der Waals surface area contributed by atoms with Crippen molar-refractivity contribution >= 4 is 29.7 Å². The van der Waals surface area contributed by atoms with E-state index in [1.807, 2.05) is 13.8 Å². The number of nitrogens with one attached hydrogen (secondary N) is 2. The molecule has 1 aliphatic rings. The Labute approximate surface area is 177 Å². The number of anilines is 1. The van der Waals surface area contributed by atoms with Crippen LogP contribution in [0.15, 0.2) is 18.2 Å². The van der Waals surface area contributed by atoms with Gasteiger partial charge in [0.2, 0.25) is 11.8 Å². The molecule has 1 heterocycles. The number of hydrogen-bond acceptors (Lipinski definition) is 6. The summed E-state index contributed by atoms with van der Waals surface area (Å²) in [5.74, 6) is -1.31. The van der Waals surface area contributed by atoms with Crippen LogP contribution in [-0.4, -0.2) is 54.1 Å². The molecule has 2 rings (SSSR count). The number of imide groups is 1. The van der Waals surface area contributed by atoms with Crippen LogP contribution >= 0.6 is 0 Å². The van der Waals surface area contributed by atoms with E-state index in [2.05, 4.69) is 24.5 Å². The van der Waals surface area contributed by atoms with Gasteiger partial charge in [-0.3, -0.25) is 24.5 Å². The molecule has 1 fully saturated rings. The van der Waals surface area contributed by atoms with Crippen molar-refractivity contribution in [1.82, 2.24) is 10.2 Å². The number of hydrogen-bond donors (Lipinski definition) is 3. The molecule has 3 amide bonds. The van der Waals surface area contributed by atoms with E-state index >= 15 is 0 Å². The molecule has 0 bridgehead atoms. The average Bonchev–Trinajstić information content (AvgIpc) is 2.63. The number of amides is 3. The smallest absolute Gasteiger partial charge is 0.257 e. The zero-order valence-corrected chi connectivity index (χ0v) is 18.4. The Morgan fingerprint density at radius 3 is 2.53 bits per heavy atom. The Morgan fingerprint density at radius 1 is 1.30 bits per heavy atom. The van der Waals surface area contributed by atoms with Gasteiger partial charge in [0.15, 0.2) is 6.29 Å². The van der Waals surface area contributed by atoms with Gasteiger partial charge in [0.25, 0.3) is 5.91 Å². The van der Waals surface area contributed by atoms with Crippen molar-refractivity contribution in [1.29, 1.82) is 0 Å². The maximum absolute atomic E-state index is 13.3. The summed E-state index contributed by atoms with van der Waals surface area (Å²) in [7, 11) is 1.51. The van der Waals surface area contributed by atoms with Crippen molar-refractivity contribution in [2.45, 2.75) is 58.5 Å². The van der Waals surface area contributed by atoms with E-state index in [-0.39, 0.29) is 40.8 Å². The number of benzene rings is 1. The van der Waals surface area contributed by atoms with Gasteiger partial charge in [-0.2, -0.15) is 0 Å². The minimum Gasteiger partial charge on any atom is -0.384 e. The van der Waals surface area contributed by atoms with Crippen molar-refractivity contribution in [2.24, 2.45) is 11.1 Å². The third-order valence-corrected chi connectivity index (χ3v) is 5.13. The van der Waals surface area contributed by atoms with Gasteiger partial charge in [-0.15, -0.1) is 0 Å². The third-order valence-electron chi connectivity index (χ3n) is 5.13. The van der Waals surface area contributed by atoms with Gasteiger partial charge in [0.1, 0.15) is 6.04 Å². The molecule has 1 unspecified atom stereocenters. The molecule has 0 radical (unpaired) electrons. The van der Waals surface area contributed by atoms with Crippen molar-refractivity contribution < 1.29 is 19.2 Å². The molecule has 0 saturated carbocycles. The van der Waals surface area contributed by atoms with Crippen molar-refractivity contribution in [3.63, 3.8) is 0 Å². The Kier molecular flexibility index (Phi) is 7.02. The van der Waals surface area contributed by atoms with Crippen LogP contribution in [0.2, 0.25) is 0 Å². The lowest BCUT2D eigenvalue weighted by Crippen LogP contribution is -2.53. The Hall–Kier alpha value is -2.74. The van der Waals surface area contributed by atoms with Gasteiger partial charge in [-0.1, -0.05) is 26.0 Å². The first-order valence-corrected chi connectivity index (χ1v) is 10.1. The monoisotopic (exact) mass is 416 g/mol. The summed E-state index contributed by atoms with van der Waals surface area (Å²) < 4.78 is 0. The molecule has 1 aromatic carbocycles. The summed E-state index contributed by atoms with van der Waals surface area (Å²) >= 11 is 0. The lowest BCUT2D eigenvalue weighted by molar-refractivity contribution is -0.136. The normalized spacial score (nSPS) is 17.3. The average molecular weight is 417 g/mol. The van der Waals surface area contributed by atoms with E-state index in [0.717, 1.165) is 6.42 Å². The summed E-state index contributed by atoms with van der Waals surface area (Å²) in [6.45, 7) is 8.62. The summed E-state index contributed by atoms with van der Waals surface area (Å²) in [4.78, 5) is 49.8. The fraction of sp³-hybridized carbons (Fsp3) is 0.545. The summed E-state index contributed by atoms with van der Waals surface area (Å²) in [6.07, 6.45) is 1.79. The highest BCUT2D eigenvalue weighted by atomic mass is 16.2. The fourth-order valence-electron chi connectivity index (χ4n) is 4.05. The van der Waals surface area contributed by atoms with E-state index in [9.17, 15) is 19.2 Å². The van der Waals surface area contributed by atoms with Crippen molar-refractivity contribution in [3.8, 4) is 0 Å². The Bertz CT molecular complexity index is 842. The van der Waals surface area contributed by atoms with Crippen LogP contribution in [0.4, 0.5) is 5.69 Å². The van der Waals surface area contributed by atoms with Crippen LogP contribution in [0.1, 0.15) is 67.7 Å². The number of rotatable bonds is 8. The largest absolute Gasteiger partial charge is 0.384 e. The first-order valence-electron chi connectivity index (χ1n) is 10.1. The van der Waals surface area contributed by atoms with Gasteiger partial charge in [-0.05, 0) is 38.2 Å². The molecular formula is C22H32N4O4. The standard InChI is InChI=1S/C22H32N4O4/c1-21(2,12-22(3,4)23)13-24-15-8-6-7-14(11-27)18(15)20(30)26(5)16-9-10-17(28)25-19(16)29/h6-8,11,16,24H,9-10,12-13,23H2,1-5H3,(H,25,28,29). The third kappa shape index (κ3) is 5.89. The quantitative estimate of drug-likeness (QED) is 0.440. The zero-order valence-electron chi connectivity index (χ0n) is 18.4. The first kappa shape index (κ1) is 23.5. The van der Waals surface area contributed by atoms with Crippen molar-refractivity contribution in [2.75, 3.05) is 18.9 Å². The molecule has 1 saturated heterocycles. The predicted octanol–water partition coefficient (Wildman–Crippen LogP) is 1.94. The number of carbonyl (C=O) groups is 4. The molecular weight excluding hydrogens is 384 g/mol. The van der Waals surface area contributed by atoms with Gasteiger partial charge >= 0.3 is 0 Å². The highest BCUT2D eigenvalue weighted by Gasteiger charge is 2.34. The summed E-state index contributed by atoms with van der Waals surface area (Å²) in [5.41, 5.74) is 6.62. The second-order valence-corrected chi connectivity index (χ2v) is 9.45. The molecule has 4 N–H and O–H groups in total. The zero-order chi connectivity index (χ0) is 22.7. The number of piperidine rings is 1. The molecule has 0 spiro atoms. The Morgan fingerprint density at radius 2 is 1.97 bits per heavy atom. The minimum atomic E-state index is -0.766. The van der Waals surface area contributed by atoms with Gasteiger partial charge in [0, 0.05) is 36.8 Å². The van der Waals surface area contributed by atoms with Gasteiger partial charge in [0.05, 0.1) is 5.56 Å². The second-order valence-electron chi connectivity index (χ2n) is 9.45. The number of likely N-dealkylation sites (N-methyl/N-ethyl adjacent to an activating group) is 1. The minimum absolute atomic E-state index is 0.161. The van der Waals surface area contributed by atoms with Crippen LogP contribution < -0.4 is 16.4 Å². The molecule has 8 heteroatoms. The maximum atomic E-state index is 13.3. The number of aldehydes is 1. The Balaban J connectivity index is 2.28. The lowest BCUT2D eigenvalue weighted by atomic mass is 9.80. The number of carbonyl (C=O) groups excluding carboxylic acids is 4. The first-order chi connectivity index (χ1) is 13.8. The van der Waals surface area contributed by atoms with Crippen LogP contribution in [0.3, 0.4) is 0 Å². The second kappa shape index (κ2) is 8.95. The van der Waals surface area contributed by atoms with E-state index in [4.69, 9.17) is 5.73 Å². The molecule has 1 aliphatic heterocycles. The fourth-order valence-corrected chi connectivity index (χ4v) is 4.05. The lowest BCUT2D eigenvalue weighted by Gasteiger charge is -2.33. The molecule has 0 aliphatic carbocycles. The summed E-state index contributed by atoms with van der Waals surface area (Å²) in [6, 6.07) is 4.24. The van der Waals surface area contributed by atoms with Crippen LogP contribution in [0.25, 0.3) is 0 Å². The van der Waals surface area contributed by atoms with Crippen molar-refractivity contribution in [3.05, 3.63) is 29.3 Å². The van der Waals surface area contributed by atoms with Crippen LogP contribution in [-0.2, 0) is 9.59 Å². The molecule has 0 aromatic heterocycles. The van der Waals surface area contributed by atoms with E-state index < -0.39 is 17.9 Å². The molecule has 30 heavy (non-hydrogen) atoms. The highest BCUT2D eigenvalue weighted by molar-refractivity contribution is 6.08. The number of nitrogens with two attached hydrogens (primary N) is 1. The highest BCUT2D eigenvalue weighted by Crippen LogP contribution is 2.29. The van der Waals surface area contributed by atoms with E-state index in [0.29, 0.717) is 18.5 Å². The summed E-state index contributed by atoms with van der Waals surface area (Å²) in [5, 5.41) is 5.55. The molecule has 8 nitrogen and oxygen atoms in total.